The van der Waals surface area contributed by atoms with Gasteiger partial charge in [-0.25, -0.2) is 0 Å². The number of hydrogen-bond donors (Lipinski definition) is 3. The smallest absolute Gasteiger partial charge is 0.325 e. The summed E-state index contributed by atoms with van der Waals surface area (Å²) in [5.74, 6) is -1.03. The molecule has 0 aliphatic carbocycles. The van der Waals surface area contributed by atoms with Gasteiger partial charge in [0.05, 0.1) is 4.20 Å². The largest absolute Gasteiger partial charge is 0.480 e. The normalized spacial score (nSPS) is 15.5. The third kappa shape index (κ3) is 2.65. The van der Waals surface area contributed by atoms with Gasteiger partial charge in [-0.2, -0.15) is 12.6 Å². The van der Waals surface area contributed by atoms with Crippen LogP contribution in [0.25, 0.3) is 0 Å². The summed E-state index contributed by atoms with van der Waals surface area (Å²) in [5, 5.41) is 8.72. The molecule has 0 heterocycles. The van der Waals surface area contributed by atoms with E-state index >= 15 is 0 Å². The monoisotopic (exact) mass is 210 g/mol. The minimum Gasteiger partial charge on any atom is -0.480 e. The zero-order chi connectivity index (χ0) is 9.07. The maximum atomic E-state index is 10.6. The molecule has 1 atom stereocenters. The van der Waals surface area contributed by atoms with Crippen molar-refractivity contribution in [3.05, 3.63) is 0 Å². The molecule has 0 aliphatic heterocycles. The number of aliphatic carboxylic acids is 1. The molecule has 0 aromatic carbocycles. The first kappa shape index (κ1) is 11.3. The van der Waals surface area contributed by atoms with Crippen LogP contribution in [0.5, 0.6) is 0 Å². The van der Waals surface area contributed by atoms with E-state index in [1.807, 2.05) is 6.92 Å². The molecule has 11 heavy (non-hydrogen) atoms. The van der Waals surface area contributed by atoms with Gasteiger partial charge in [-0.15, -0.1) is 12.6 Å². The Labute approximate surface area is 82.2 Å². The number of hydrogen-bond acceptors (Lipinski definition) is 3. The van der Waals surface area contributed by atoms with Crippen molar-refractivity contribution in [3.8, 4) is 0 Å². The average Bonchev–Trinajstić information content (AvgIpc) is 1.87. The SMILES string of the molecule is CCCC(S)(C(=O)O)C(=S)S. The highest BCUT2D eigenvalue weighted by Gasteiger charge is 2.36. The highest BCUT2D eigenvalue weighted by molar-refractivity contribution is 8.13. The first-order valence-corrected chi connectivity index (χ1v) is 4.44. The van der Waals surface area contributed by atoms with E-state index in [9.17, 15) is 4.79 Å². The third-order valence-corrected chi connectivity index (χ3v) is 3.02. The molecule has 0 bridgehead atoms. The van der Waals surface area contributed by atoms with Crippen LogP contribution in [0.3, 0.4) is 0 Å². The molecule has 0 fully saturated rings. The molecule has 0 rings (SSSR count). The van der Waals surface area contributed by atoms with Crippen molar-refractivity contribution in [2.45, 2.75) is 24.5 Å². The second kappa shape index (κ2) is 4.33. The van der Waals surface area contributed by atoms with E-state index < -0.39 is 10.7 Å². The molecule has 0 spiro atoms. The Morgan fingerprint density at radius 3 is 2.27 bits per heavy atom. The number of carboxylic acids is 1. The first-order valence-electron chi connectivity index (χ1n) is 3.14. The van der Waals surface area contributed by atoms with Crippen molar-refractivity contribution < 1.29 is 9.90 Å². The fraction of sp³-hybridized carbons (Fsp3) is 0.667. The summed E-state index contributed by atoms with van der Waals surface area (Å²) < 4.78 is -1.12. The fourth-order valence-corrected chi connectivity index (χ4v) is 1.29. The molecule has 0 radical (unpaired) electrons. The number of carbonyl (C=O) groups is 1. The van der Waals surface area contributed by atoms with Crippen molar-refractivity contribution >= 4 is 47.6 Å². The predicted molar refractivity (Wildman–Crippen MR) is 55.8 cm³/mol. The molecule has 0 aromatic rings. The van der Waals surface area contributed by atoms with E-state index in [1.54, 1.807) is 0 Å². The molecule has 2 nitrogen and oxygen atoms in total. The third-order valence-electron chi connectivity index (χ3n) is 1.32. The molecule has 1 unspecified atom stereocenters. The van der Waals surface area contributed by atoms with Crippen LogP contribution in [-0.2, 0) is 4.79 Å². The Kier molecular flexibility index (Phi) is 4.43. The summed E-state index contributed by atoms with van der Waals surface area (Å²) >= 11 is 12.5. The zero-order valence-corrected chi connectivity index (χ0v) is 8.68. The van der Waals surface area contributed by atoms with E-state index in [4.69, 9.17) is 5.11 Å². The van der Waals surface area contributed by atoms with Gasteiger partial charge in [0, 0.05) is 0 Å². The quantitative estimate of drug-likeness (QED) is 0.489. The van der Waals surface area contributed by atoms with Crippen LogP contribution < -0.4 is 0 Å². The van der Waals surface area contributed by atoms with E-state index in [1.165, 1.54) is 0 Å². The summed E-state index contributed by atoms with van der Waals surface area (Å²) in [6, 6.07) is 0. The van der Waals surface area contributed by atoms with E-state index in [0.29, 0.717) is 6.42 Å². The van der Waals surface area contributed by atoms with Crippen molar-refractivity contribution in [1.29, 1.82) is 0 Å². The van der Waals surface area contributed by atoms with Gasteiger partial charge in [-0.3, -0.25) is 4.79 Å². The fourth-order valence-electron chi connectivity index (χ4n) is 0.667. The number of thiocarbonyl (C=S) groups is 1. The van der Waals surface area contributed by atoms with Crippen molar-refractivity contribution in [1.82, 2.24) is 0 Å². The first-order chi connectivity index (χ1) is 4.95. The number of rotatable bonds is 4. The van der Waals surface area contributed by atoms with Gasteiger partial charge in [0.15, 0.2) is 4.75 Å². The predicted octanol–water partition coefficient (Wildman–Crippen LogP) is 1.80. The summed E-state index contributed by atoms with van der Waals surface area (Å²) in [4.78, 5) is 10.6. The number of thiol groups is 2. The van der Waals surface area contributed by atoms with Crippen LogP contribution in [0.15, 0.2) is 0 Å². The lowest BCUT2D eigenvalue weighted by Gasteiger charge is -2.20. The molecular formula is C6H10O2S3. The Morgan fingerprint density at radius 2 is 2.18 bits per heavy atom. The Balaban J connectivity index is 4.52. The molecule has 1 N–H and O–H groups in total. The topological polar surface area (TPSA) is 37.3 Å². The molecule has 0 saturated heterocycles. The maximum Gasteiger partial charge on any atom is 0.325 e. The molecule has 0 aromatic heterocycles. The highest BCUT2D eigenvalue weighted by Crippen LogP contribution is 2.25. The minimum absolute atomic E-state index is 0.121. The second-order valence-corrected chi connectivity index (χ2v) is 4.14. The average molecular weight is 210 g/mol. The van der Waals surface area contributed by atoms with Gasteiger partial charge in [-0.1, -0.05) is 25.6 Å². The summed E-state index contributed by atoms with van der Waals surface area (Å²) in [6.07, 6.45) is 1.13. The molecule has 0 aliphatic rings. The maximum absolute atomic E-state index is 10.6. The van der Waals surface area contributed by atoms with Crippen molar-refractivity contribution in [2.75, 3.05) is 0 Å². The van der Waals surface area contributed by atoms with Gasteiger partial charge in [0.2, 0.25) is 0 Å². The van der Waals surface area contributed by atoms with Gasteiger partial charge in [0.1, 0.15) is 0 Å². The van der Waals surface area contributed by atoms with Crippen molar-refractivity contribution in [3.63, 3.8) is 0 Å². The molecule has 0 amide bonds. The summed E-state index contributed by atoms with van der Waals surface area (Å²) in [5.41, 5.74) is 0. The Hall–Kier alpha value is 0.260. The van der Waals surface area contributed by atoms with Crippen molar-refractivity contribution in [2.24, 2.45) is 0 Å². The Bertz CT molecular complexity index is 165. The standard InChI is InChI=1S/C6H10O2S3/c1-2-3-6(11,4(7)8)5(9)10/h11H,2-3H2,1H3,(H,7,8)(H,9,10). The lowest BCUT2D eigenvalue weighted by molar-refractivity contribution is -0.137. The van der Waals surface area contributed by atoms with Crippen LogP contribution in [-0.4, -0.2) is 20.0 Å². The summed E-state index contributed by atoms with van der Waals surface area (Å²) in [7, 11) is 0. The van der Waals surface area contributed by atoms with Crippen LogP contribution in [0.4, 0.5) is 0 Å². The van der Waals surface area contributed by atoms with Gasteiger partial charge in [0.25, 0.3) is 0 Å². The van der Waals surface area contributed by atoms with Gasteiger partial charge in [-0.05, 0) is 6.42 Å². The summed E-state index contributed by atoms with van der Waals surface area (Å²) in [6.45, 7) is 1.87. The lowest BCUT2D eigenvalue weighted by atomic mass is 10.1. The van der Waals surface area contributed by atoms with Crippen LogP contribution in [0.2, 0.25) is 0 Å². The molecule has 0 saturated carbocycles. The highest BCUT2D eigenvalue weighted by atomic mass is 32.1. The minimum atomic E-state index is -1.24. The molecule has 64 valence electrons. The zero-order valence-electron chi connectivity index (χ0n) is 6.07. The van der Waals surface area contributed by atoms with E-state index in [-0.39, 0.29) is 4.20 Å². The van der Waals surface area contributed by atoms with E-state index in [0.717, 1.165) is 6.42 Å². The van der Waals surface area contributed by atoms with E-state index in [2.05, 4.69) is 37.5 Å². The van der Waals surface area contributed by atoms with Crippen LogP contribution in [0.1, 0.15) is 19.8 Å². The lowest BCUT2D eigenvalue weighted by Crippen LogP contribution is -2.37. The second-order valence-electron chi connectivity index (χ2n) is 2.22. The number of carboxylic acid groups (broad SMARTS) is 1. The van der Waals surface area contributed by atoms with Gasteiger partial charge < -0.3 is 5.11 Å². The molecular weight excluding hydrogens is 200 g/mol. The van der Waals surface area contributed by atoms with Crippen LogP contribution in [0, 0.1) is 0 Å². The van der Waals surface area contributed by atoms with Crippen LogP contribution >= 0.6 is 37.5 Å². The molecule has 5 heteroatoms. The Morgan fingerprint density at radius 1 is 1.73 bits per heavy atom. The van der Waals surface area contributed by atoms with Gasteiger partial charge >= 0.3 is 5.97 Å².